The highest BCUT2D eigenvalue weighted by atomic mass is 16.2. The molecule has 4 atom stereocenters. The number of hydrogen-bond donors (Lipinski definition) is 1. The van der Waals surface area contributed by atoms with Gasteiger partial charge in [-0.2, -0.15) is 0 Å². The summed E-state index contributed by atoms with van der Waals surface area (Å²) >= 11 is 0. The zero-order chi connectivity index (χ0) is 14.4. The molecule has 1 aliphatic carbocycles. The van der Waals surface area contributed by atoms with Crippen LogP contribution < -0.4 is 5.32 Å². The standard InChI is InChI=1S/C18H24N2O/c1-12-16(9-13-5-2-3-8-17(13)19-12)18(21)20-10-14-6-4-7-15(14)11-20/h2-3,5,8,12,14-16,19H,4,6-7,9-11H2,1H3. The molecule has 4 rings (SSSR count). The molecular weight excluding hydrogens is 260 g/mol. The number of rotatable bonds is 1. The van der Waals surface area contributed by atoms with Crippen molar-refractivity contribution in [3.05, 3.63) is 29.8 Å². The van der Waals surface area contributed by atoms with Gasteiger partial charge in [0.05, 0.1) is 5.92 Å². The fraction of sp³-hybridized carbons (Fsp3) is 0.611. The molecule has 1 N–H and O–H groups in total. The maximum absolute atomic E-state index is 12.9. The molecule has 1 saturated carbocycles. The Morgan fingerprint density at radius 3 is 2.67 bits per heavy atom. The van der Waals surface area contributed by atoms with Gasteiger partial charge >= 0.3 is 0 Å². The van der Waals surface area contributed by atoms with Gasteiger partial charge in [0.15, 0.2) is 0 Å². The predicted octanol–water partition coefficient (Wildman–Crippen LogP) is 2.92. The van der Waals surface area contributed by atoms with Crippen LogP contribution in [0, 0.1) is 17.8 Å². The average Bonchev–Trinajstić information content (AvgIpc) is 3.07. The van der Waals surface area contributed by atoms with Gasteiger partial charge in [0.1, 0.15) is 0 Å². The molecule has 1 amide bonds. The van der Waals surface area contributed by atoms with Gasteiger partial charge in [-0.1, -0.05) is 24.6 Å². The zero-order valence-electron chi connectivity index (χ0n) is 12.7. The van der Waals surface area contributed by atoms with Gasteiger partial charge in [-0.15, -0.1) is 0 Å². The molecule has 2 heterocycles. The first-order valence-electron chi connectivity index (χ1n) is 8.35. The van der Waals surface area contributed by atoms with Crippen molar-refractivity contribution in [2.75, 3.05) is 18.4 Å². The topological polar surface area (TPSA) is 32.3 Å². The number of benzene rings is 1. The first-order valence-corrected chi connectivity index (χ1v) is 8.35. The Labute approximate surface area is 126 Å². The predicted molar refractivity (Wildman–Crippen MR) is 84.1 cm³/mol. The van der Waals surface area contributed by atoms with Crippen molar-refractivity contribution in [2.45, 2.75) is 38.6 Å². The highest BCUT2D eigenvalue weighted by Crippen LogP contribution is 2.39. The van der Waals surface area contributed by atoms with E-state index in [9.17, 15) is 4.79 Å². The van der Waals surface area contributed by atoms with Crippen molar-refractivity contribution in [2.24, 2.45) is 17.8 Å². The van der Waals surface area contributed by atoms with Crippen LogP contribution >= 0.6 is 0 Å². The van der Waals surface area contributed by atoms with Gasteiger partial charge in [0.2, 0.25) is 5.91 Å². The highest BCUT2D eigenvalue weighted by Gasteiger charge is 2.41. The smallest absolute Gasteiger partial charge is 0.228 e. The molecule has 3 heteroatoms. The van der Waals surface area contributed by atoms with E-state index in [1.807, 2.05) is 0 Å². The lowest BCUT2D eigenvalue weighted by Crippen LogP contribution is -2.45. The second-order valence-electron chi connectivity index (χ2n) is 7.10. The Hall–Kier alpha value is -1.51. The lowest BCUT2D eigenvalue weighted by Gasteiger charge is -2.34. The molecule has 2 aliphatic heterocycles. The van der Waals surface area contributed by atoms with Crippen LogP contribution in [-0.2, 0) is 11.2 Å². The summed E-state index contributed by atoms with van der Waals surface area (Å²) in [6.07, 6.45) is 4.91. The molecule has 0 radical (unpaired) electrons. The van der Waals surface area contributed by atoms with E-state index < -0.39 is 0 Å². The number of fused-ring (bicyclic) bond motifs is 2. The number of nitrogens with one attached hydrogen (secondary N) is 1. The van der Waals surface area contributed by atoms with Gasteiger partial charge < -0.3 is 10.2 Å². The van der Waals surface area contributed by atoms with Crippen molar-refractivity contribution in [1.82, 2.24) is 4.90 Å². The summed E-state index contributed by atoms with van der Waals surface area (Å²) in [5, 5.41) is 3.52. The van der Waals surface area contributed by atoms with E-state index in [1.54, 1.807) is 0 Å². The number of carbonyl (C=O) groups excluding carboxylic acids is 1. The van der Waals surface area contributed by atoms with Gasteiger partial charge in [-0.3, -0.25) is 4.79 Å². The fourth-order valence-electron chi connectivity index (χ4n) is 4.55. The molecule has 1 aromatic rings. The maximum atomic E-state index is 12.9. The number of amides is 1. The zero-order valence-corrected chi connectivity index (χ0v) is 12.7. The summed E-state index contributed by atoms with van der Waals surface area (Å²) < 4.78 is 0. The molecule has 21 heavy (non-hydrogen) atoms. The molecule has 3 aliphatic rings. The normalized spacial score (nSPS) is 34.2. The van der Waals surface area contributed by atoms with Crippen LogP contribution in [0.25, 0.3) is 0 Å². The lowest BCUT2D eigenvalue weighted by atomic mass is 9.87. The Balaban J connectivity index is 1.50. The van der Waals surface area contributed by atoms with Crippen LogP contribution in [-0.4, -0.2) is 29.9 Å². The van der Waals surface area contributed by atoms with Crippen LogP contribution in [0.3, 0.4) is 0 Å². The molecular formula is C18H24N2O. The van der Waals surface area contributed by atoms with E-state index in [4.69, 9.17) is 0 Å². The second-order valence-corrected chi connectivity index (χ2v) is 7.10. The quantitative estimate of drug-likeness (QED) is 0.860. The minimum absolute atomic E-state index is 0.0960. The van der Waals surface area contributed by atoms with Crippen LogP contribution in [0.1, 0.15) is 31.7 Å². The third kappa shape index (κ3) is 2.23. The number of nitrogens with zero attached hydrogens (tertiary/aromatic N) is 1. The van der Waals surface area contributed by atoms with Crippen molar-refractivity contribution in [3.8, 4) is 0 Å². The van der Waals surface area contributed by atoms with Gasteiger partial charge in [-0.25, -0.2) is 0 Å². The number of likely N-dealkylation sites (tertiary alicyclic amines) is 1. The molecule has 112 valence electrons. The van der Waals surface area contributed by atoms with Crippen molar-refractivity contribution in [3.63, 3.8) is 0 Å². The average molecular weight is 284 g/mol. The van der Waals surface area contributed by atoms with Gasteiger partial charge in [0, 0.05) is 24.8 Å². The summed E-state index contributed by atoms with van der Waals surface area (Å²) in [5.74, 6) is 2.04. The van der Waals surface area contributed by atoms with Crippen molar-refractivity contribution < 1.29 is 4.79 Å². The number of hydrogen-bond acceptors (Lipinski definition) is 2. The third-order valence-electron chi connectivity index (χ3n) is 5.80. The fourth-order valence-corrected chi connectivity index (χ4v) is 4.55. The first-order chi connectivity index (χ1) is 10.2. The van der Waals surface area contributed by atoms with E-state index in [2.05, 4.69) is 41.4 Å². The molecule has 3 nitrogen and oxygen atoms in total. The van der Waals surface area contributed by atoms with Crippen LogP contribution in [0.15, 0.2) is 24.3 Å². The summed E-state index contributed by atoms with van der Waals surface area (Å²) in [7, 11) is 0. The Bertz CT molecular complexity index is 544. The molecule has 0 aromatic heterocycles. The molecule has 2 fully saturated rings. The Morgan fingerprint density at radius 2 is 1.90 bits per heavy atom. The summed E-state index contributed by atoms with van der Waals surface area (Å²) in [4.78, 5) is 15.1. The molecule has 4 unspecified atom stereocenters. The summed E-state index contributed by atoms with van der Waals surface area (Å²) in [6, 6.07) is 8.62. The van der Waals surface area contributed by atoms with E-state index in [1.165, 1.54) is 30.5 Å². The molecule has 0 bridgehead atoms. The molecule has 1 saturated heterocycles. The van der Waals surface area contributed by atoms with Gasteiger partial charge in [0.25, 0.3) is 0 Å². The lowest BCUT2D eigenvalue weighted by molar-refractivity contribution is -0.135. The second kappa shape index (κ2) is 5.04. The first kappa shape index (κ1) is 13.2. The minimum atomic E-state index is 0.0960. The largest absolute Gasteiger partial charge is 0.382 e. The Kier molecular flexibility index (Phi) is 3.16. The van der Waals surface area contributed by atoms with Crippen molar-refractivity contribution in [1.29, 1.82) is 0 Å². The third-order valence-corrected chi connectivity index (χ3v) is 5.80. The van der Waals surface area contributed by atoms with Crippen LogP contribution in [0.4, 0.5) is 5.69 Å². The maximum Gasteiger partial charge on any atom is 0.228 e. The molecule has 1 aromatic carbocycles. The highest BCUT2D eigenvalue weighted by molar-refractivity contribution is 5.82. The monoisotopic (exact) mass is 284 g/mol. The Morgan fingerprint density at radius 1 is 1.19 bits per heavy atom. The van der Waals surface area contributed by atoms with E-state index in [-0.39, 0.29) is 12.0 Å². The number of anilines is 1. The van der Waals surface area contributed by atoms with Crippen LogP contribution in [0.5, 0.6) is 0 Å². The summed E-state index contributed by atoms with van der Waals surface area (Å²) in [6.45, 7) is 4.16. The number of para-hydroxylation sites is 1. The van der Waals surface area contributed by atoms with E-state index in [0.717, 1.165) is 31.3 Å². The van der Waals surface area contributed by atoms with E-state index >= 15 is 0 Å². The summed E-state index contributed by atoms with van der Waals surface area (Å²) in [5.41, 5.74) is 2.49. The molecule has 0 spiro atoms. The van der Waals surface area contributed by atoms with Crippen LogP contribution in [0.2, 0.25) is 0 Å². The number of carbonyl (C=O) groups is 1. The van der Waals surface area contributed by atoms with E-state index in [0.29, 0.717) is 5.91 Å². The SMILES string of the molecule is CC1Nc2ccccc2CC1C(=O)N1CC2CCCC2C1. The van der Waals surface area contributed by atoms with Gasteiger partial charge in [-0.05, 0) is 49.7 Å². The van der Waals surface area contributed by atoms with Crippen molar-refractivity contribution >= 4 is 11.6 Å². The minimum Gasteiger partial charge on any atom is -0.382 e.